The molecule has 6 nitrogen and oxygen atoms in total. The summed E-state index contributed by atoms with van der Waals surface area (Å²) in [4.78, 5) is 37.8. The second kappa shape index (κ2) is 9.46. The fraction of sp³-hybridized carbons (Fsp3) is 0.609. The Bertz CT molecular complexity index is 1040. The third kappa shape index (κ3) is 4.47. The van der Waals surface area contributed by atoms with Crippen molar-refractivity contribution >= 4 is 39.2 Å². The molecule has 3 heterocycles. The van der Waals surface area contributed by atoms with E-state index in [1.165, 1.54) is 22.2 Å². The van der Waals surface area contributed by atoms with E-state index in [9.17, 15) is 9.59 Å². The van der Waals surface area contributed by atoms with Gasteiger partial charge in [-0.1, -0.05) is 31.7 Å². The molecule has 2 aromatic rings. The molecule has 1 fully saturated rings. The number of nitrogens with zero attached hydrogens (tertiary/aromatic N) is 4. The third-order valence-corrected chi connectivity index (χ3v) is 8.68. The zero-order chi connectivity index (χ0) is 22.1. The molecule has 0 bridgehead atoms. The number of rotatable bonds is 6. The number of piperazine rings is 1. The summed E-state index contributed by atoms with van der Waals surface area (Å²) in [5.74, 6) is 0.773. The minimum Gasteiger partial charge on any atom is -0.339 e. The first kappa shape index (κ1) is 22.6. The van der Waals surface area contributed by atoms with Gasteiger partial charge in [0.2, 0.25) is 5.91 Å². The second-order valence-electron chi connectivity index (χ2n) is 8.65. The minimum atomic E-state index is -0.289. The average Bonchev–Trinajstić information content (AvgIpc) is 3.13. The summed E-state index contributed by atoms with van der Waals surface area (Å²) in [6.45, 7) is 15.0. The Balaban J connectivity index is 1.62. The van der Waals surface area contributed by atoms with Crippen LogP contribution in [-0.4, -0.2) is 63.2 Å². The number of allylic oxidation sites excluding steroid dienone is 1. The number of fused-ring (bicyclic) bond motifs is 3. The summed E-state index contributed by atoms with van der Waals surface area (Å²) >= 11 is 3.06. The van der Waals surface area contributed by atoms with Crippen LogP contribution in [0.25, 0.3) is 10.2 Å². The molecule has 0 spiro atoms. The number of amides is 1. The van der Waals surface area contributed by atoms with Crippen LogP contribution in [0.2, 0.25) is 0 Å². The van der Waals surface area contributed by atoms with Gasteiger partial charge in [-0.05, 0) is 44.2 Å². The van der Waals surface area contributed by atoms with Gasteiger partial charge in [0.05, 0.1) is 10.6 Å². The number of carbonyl (C=O) groups is 1. The fourth-order valence-electron chi connectivity index (χ4n) is 4.53. The van der Waals surface area contributed by atoms with Gasteiger partial charge in [0.1, 0.15) is 4.83 Å². The fourth-order valence-corrected chi connectivity index (χ4v) is 6.96. The van der Waals surface area contributed by atoms with E-state index < -0.39 is 0 Å². The molecule has 1 amide bonds. The lowest BCUT2D eigenvalue weighted by Gasteiger charge is -2.35. The average molecular weight is 461 g/mol. The molecule has 0 radical (unpaired) electrons. The van der Waals surface area contributed by atoms with E-state index in [0.717, 1.165) is 62.2 Å². The van der Waals surface area contributed by atoms with E-state index in [4.69, 9.17) is 4.98 Å². The van der Waals surface area contributed by atoms with Crippen molar-refractivity contribution in [2.45, 2.75) is 57.0 Å². The van der Waals surface area contributed by atoms with Crippen LogP contribution in [0.1, 0.15) is 37.6 Å². The van der Waals surface area contributed by atoms with E-state index >= 15 is 0 Å². The van der Waals surface area contributed by atoms with Crippen LogP contribution in [0, 0.1) is 5.92 Å². The smallest absolute Gasteiger partial charge is 0.263 e. The van der Waals surface area contributed by atoms with E-state index in [1.54, 1.807) is 22.0 Å². The molecule has 8 heteroatoms. The molecular formula is C23H32N4O2S2. The van der Waals surface area contributed by atoms with E-state index in [0.29, 0.717) is 17.6 Å². The van der Waals surface area contributed by atoms with E-state index in [-0.39, 0.29) is 16.7 Å². The predicted molar refractivity (Wildman–Crippen MR) is 129 cm³/mol. The normalized spacial score (nSPS) is 20.6. The van der Waals surface area contributed by atoms with Gasteiger partial charge >= 0.3 is 0 Å². The molecule has 1 aliphatic carbocycles. The zero-order valence-electron chi connectivity index (χ0n) is 18.7. The Morgan fingerprint density at radius 2 is 2.10 bits per heavy atom. The summed E-state index contributed by atoms with van der Waals surface area (Å²) < 4.78 is 1.70. The highest BCUT2D eigenvalue weighted by atomic mass is 32.2. The molecule has 2 aromatic heterocycles. The van der Waals surface area contributed by atoms with Crippen LogP contribution in [0.4, 0.5) is 0 Å². The largest absolute Gasteiger partial charge is 0.339 e. The molecule has 1 saturated heterocycles. The van der Waals surface area contributed by atoms with Crippen LogP contribution in [-0.2, 0) is 24.2 Å². The van der Waals surface area contributed by atoms with Crippen molar-refractivity contribution in [3.05, 3.63) is 33.4 Å². The minimum absolute atomic E-state index is 0.00987. The summed E-state index contributed by atoms with van der Waals surface area (Å²) in [6.07, 6.45) is 4.83. The first-order valence-electron chi connectivity index (χ1n) is 11.3. The summed E-state index contributed by atoms with van der Waals surface area (Å²) in [6, 6.07) is 0. The van der Waals surface area contributed by atoms with Crippen LogP contribution in [0.5, 0.6) is 0 Å². The zero-order valence-corrected chi connectivity index (χ0v) is 20.4. The van der Waals surface area contributed by atoms with Crippen molar-refractivity contribution in [3.8, 4) is 0 Å². The molecular weight excluding hydrogens is 428 g/mol. The highest BCUT2D eigenvalue weighted by molar-refractivity contribution is 8.00. The van der Waals surface area contributed by atoms with Crippen molar-refractivity contribution in [3.63, 3.8) is 0 Å². The Morgan fingerprint density at radius 1 is 1.35 bits per heavy atom. The van der Waals surface area contributed by atoms with Crippen molar-refractivity contribution in [1.29, 1.82) is 0 Å². The van der Waals surface area contributed by atoms with Gasteiger partial charge < -0.3 is 9.80 Å². The van der Waals surface area contributed by atoms with E-state index in [1.807, 2.05) is 11.8 Å². The topological polar surface area (TPSA) is 58.4 Å². The Kier molecular flexibility index (Phi) is 6.89. The predicted octanol–water partition coefficient (Wildman–Crippen LogP) is 3.41. The van der Waals surface area contributed by atoms with Crippen LogP contribution in [0.3, 0.4) is 0 Å². The number of aryl methyl sites for hydroxylation is 1. The third-order valence-electron chi connectivity index (χ3n) is 6.45. The first-order chi connectivity index (χ1) is 14.9. The highest BCUT2D eigenvalue weighted by Gasteiger charge is 2.28. The van der Waals surface area contributed by atoms with Crippen LogP contribution in [0.15, 0.2) is 22.6 Å². The standard InChI is InChI=1S/C23H32N4O2S2/c1-5-9-27-22(29)19-17-8-7-15(3)14-18(17)31-20(19)24-23(27)30-16(4)21(28)26-12-10-25(6-2)11-13-26/h5,15-16H,1,6-14H2,2-4H3/t15-,16-/m1/s1. The van der Waals surface area contributed by atoms with E-state index in [2.05, 4.69) is 25.3 Å². The quantitative estimate of drug-likeness (QED) is 0.376. The lowest BCUT2D eigenvalue weighted by molar-refractivity contribution is -0.132. The molecule has 0 unspecified atom stereocenters. The molecule has 0 saturated carbocycles. The molecule has 168 valence electrons. The van der Waals surface area contributed by atoms with Crippen molar-refractivity contribution in [1.82, 2.24) is 19.4 Å². The molecule has 0 N–H and O–H groups in total. The van der Waals surface area contributed by atoms with Gasteiger partial charge in [0.25, 0.3) is 5.56 Å². The number of hydrogen-bond acceptors (Lipinski definition) is 6. The Morgan fingerprint density at radius 3 is 2.77 bits per heavy atom. The first-order valence-corrected chi connectivity index (χ1v) is 13.0. The number of thiophene rings is 1. The molecule has 0 aromatic carbocycles. The number of hydrogen-bond donors (Lipinski definition) is 0. The number of carbonyl (C=O) groups excluding carboxylic acids is 1. The number of thioether (sulfide) groups is 1. The summed E-state index contributed by atoms with van der Waals surface area (Å²) in [7, 11) is 0. The maximum atomic E-state index is 13.4. The van der Waals surface area contributed by atoms with Gasteiger partial charge in [0, 0.05) is 37.6 Å². The van der Waals surface area contributed by atoms with Gasteiger partial charge in [-0.2, -0.15) is 0 Å². The summed E-state index contributed by atoms with van der Waals surface area (Å²) in [5, 5.41) is 1.12. The molecule has 2 aliphatic rings. The molecule has 31 heavy (non-hydrogen) atoms. The number of aromatic nitrogens is 2. The molecule has 2 atom stereocenters. The number of likely N-dealkylation sites (N-methyl/N-ethyl adjacent to an activating group) is 1. The summed E-state index contributed by atoms with van der Waals surface area (Å²) in [5.41, 5.74) is 1.21. The Labute approximate surface area is 192 Å². The van der Waals surface area contributed by atoms with Crippen molar-refractivity contribution in [2.75, 3.05) is 32.7 Å². The maximum absolute atomic E-state index is 13.4. The van der Waals surface area contributed by atoms with Gasteiger partial charge in [-0.3, -0.25) is 14.2 Å². The lowest BCUT2D eigenvalue weighted by atomic mass is 9.89. The maximum Gasteiger partial charge on any atom is 0.263 e. The molecule has 1 aliphatic heterocycles. The monoisotopic (exact) mass is 460 g/mol. The second-order valence-corrected chi connectivity index (χ2v) is 11.0. The van der Waals surface area contributed by atoms with Crippen molar-refractivity contribution < 1.29 is 4.79 Å². The van der Waals surface area contributed by atoms with Crippen LogP contribution >= 0.6 is 23.1 Å². The molecule has 4 rings (SSSR count). The SMILES string of the molecule is C=CCn1c(S[C@H](C)C(=O)N2CCN(CC)CC2)nc2sc3c(c2c1=O)CC[C@@H](C)C3. The van der Waals surface area contributed by atoms with Gasteiger partial charge in [-0.15, -0.1) is 17.9 Å². The lowest BCUT2D eigenvalue weighted by Crippen LogP contribution is -2.50. The van der Waals surface area contributed by atoms with Crippen LogP contribution < -0.4 is 5.56 Å². The highest BCUT2D eigenvalue weighted by Crippen LogP contribution is 2.37. The van der Waals surface area contributed by atoms with Gasteiger partial charge in [0.15, 0.2) is 5.16 Å². The van der Waals surface area contributed by atoms with Gasteiger partial charge in [-0.25, -0.2) is 4.98 Å². The Hall–Kier alpha value is -1.64. The van der Waals surface area contributed by atoms with Crippen molar-refractivity contribution in [2.24, 2.45) is 5.92 Å².